The number of hydrogen-bond acceptors (Lipinski definition) is 7. The van der Waals surface area contributed by atoms with E-state index in [0.29, 0.717) is 51.7 Å². The summed E-state index contributed by atoms with van der Waals surface area (Å²) in [6, 6.07) is 4.77. The molecule has 61 heavy (non-hydrogen) atoms. The molecule has 1 aliphatic heterocycles. The van der Waals surface area contributed by atoms with E-state index in [0.717, 1.165) is 68.8 Å². The van der Waals surface area contributed by atoms with E-state index in [-0.39, 0.29) is 16.1 Å². The predicted molar refractivity (Wildman–Crippen MR) is 245 cm³/mol. The molecule has 5 unspecified atom stereocenters. The van der Waals surface area contributed by atoms with Crippen LogP contribution in [0.2, 0.25) is 5.02 Å². The molecule has 0 radical (unpaired) electrons. The highest BCUT2D eigenvalue weighted by molar-refractivity contribution is 6.34. The van der Waals surface area contributed by atoms with Gasteiger partial charge >= 0.3 is 11.9 Å². The van der Waals surface area contributed by atoms with Crippen molar-refractivity contribution in [1.29, 1.82) is 0 Å². The molecule has 5 atom stereocenters. The molecule has 1 aromatic heterocycles. The van der Waals surface area contributed by atoms with E-state index in [2.05, 4.69) is 75.3 Å². The second-order valence-electron chi connectivity index (χ2n) is 17.9. The van der Waals surface area contributed by atoms with Crippen molar-refractivity contribution in [1.82, 2.24) is 20.5 Å². The standard InChI is InChI=1S/C49H70ClFN6O4/c1-14-31(3)24-42(35(7)51)54-47(58)57(12)43-19-18-38(26-41(43)50)61-46-34(6)45(56(11)30-53-46)33(5)40-27-49(40)32(4)25-39(44(49)37(9)59-13)36(8)52-21-16-17-22-55(10)23-20-48(15-2)28-60-29-48/h14,18-19,24,26,30,32,36,39-40,52H,6-7,15-17,20-23,25,27-29H2,1-5,8-13H3/p+1. The minimum absolute atomic E-state index is 0.0136. The van der Waals surface area contributed by atoms with Gasteiger partial charge in [0, 0.05) is 30.0 Å². The Hall–Kier alpha value is -4.03. The lowest BCUT2D eigenvalue weighted by molar-refractivity contribution is -0.688. The number of methoxy groups -OCH3 is 1. The van der Waals surface area contributed by atoms with Gasteiger partial charge in [-0.05, 0) is 152 Å². The van der Waals surface area contributed by atoms with Crippen molar-refractivity contribution >= 4 is 35.5 Å². The Bertz CT molecular complexity index is 2140. The molecule has 10 nitrogen and oxygen atoms in total. The van der Waals surface area contributed by atoms with Gasteiger partial charge in [0.25, 0.3) is 6.33 Å². The molecule has 1 aromatic carbocycles. The number of carbonyl (C=O) groups is 1. The van der Waals surface area contributed by atoms with Crippen LogP contribution in [0.4, 0.5) is 14.9 Å². The van der Waals surface area contributed by atoms with Crippen molar-refractivity contribution in [2.24, 2.45) is 35.6 Å². The molecule has 5 rings (SSSR count). The normalized spacial score (nSPS) is 24.0. The summed E-state index contributed by atoms with van der Waals surface area (Å²) in [6.45, 7) is 28.0. The van der Waals surface area contributed by atoms with Crippen LogP contribution in [0.15, 0.2) is 71.7 Å². The lowest BCUT2D eigenvalue weighted by Crippen LogP contribution is -2.56. The number of benzene rings is 1. The fourth-order valence-electron chi connectivity index (χ4n) is 9.66. The molecule has 2 saturated carbocycles. The van der Waals surface area contributed by atoms with Crippen LogP contribution < -0.4 is 35.4 Å². The third-order valence-electron chi connectivity index (χ3n) is 14.0. The number of unbranched alkanes of at least 4 members (excludes halogenated alkanes) is 1. The lowest BCUT2D eigenvalue weighted by atomic mass is 9.80. The molecule has 2 heterocycles. The highest BCUT2D eigenvalue weighted by Crippen LogP contribution is 2.73. The van der Waals surface area contributed by atoms with Crippen LogP contribution in [0.25, 0.3) is 12.2 Å². The molecule has 2 amide bonds. The fourth-order valence-corrected chi connectivity index (χ4v) is 9.96. The Morgan fingerprint density at radius 1 is 1.21 bits per heavy atom. The van der Waals surface area contributed by atoms with E-state index in [4.69, 9.17) is 25.8 Å². The Labute approximate surface area is 369 Å². The lowest BCUT2D eigenvalue weighted by Gasteiger charge is -2.41. The number of nitrogens with zero attached hydrogens (tertiary/aromatic N) is 4. The van der Waals surface area contributed by atoms with Gasteiger partial charge in [-0.3, -0.25) is 4.90 Å². The van der Waals surface area contributed by atoms with E-state index in [1.54, 1.807) is 51.7 Å². The predicted octanol–water partition coefficient (Wildman–Crippen LogP) is 8.50. The van der Waals surface area contributed by atoms with E-state index in [1.807, 2.05) is 18.5 Å². The van der Waals surface area contributed by atoms with Gasteiger partial charge in [-0.2, -0.15) is 0 Å². The second kappa shape index (κ2) is 20.4. The zero-order valence-electron chi connectivity index (χ0n) is 38.6. The second-order valence-corrected chi connectivity index (χ2v) is 18.3. The van der Waals surface area contributed by atoms with Gasteiger partial charge in [0.1, 0.15) is 22.1 Å². The van der Waals surface area contributed by atoms with E-state index in [9.17, 15) is 9.18 Å². The molecule has 334 valence electrons. The minimum Gasteiger partial charge on any atom is -0.501 e. The molecule has 3 aliphatic rings. The quantitative estimate of drug-likeness (QED) is 0.0634. The summed E-state index contributed by atoms with van der Waals surface area (Å²) in [7, 11) is 7.60. The maximum absolute atomic E-state index is 14.1. The molecule has 0 bridgehead atoms. The highest BCUT2D eigenvalue weighted by Gasteiger charge is 2.66. The Morgan fingerprint density at radius 2 is 1.93 bits per heavy atom. The van der Waals surface area contributed by atoms with Gasteiger partial charge in [0.05, 0.1) is 49.5 Å². The van der Waals surface area contributed by atoms with Crippen LogP contribution in [0.3, 0.4) is 0 Å². The number of aryl methyl sites for hydroxylation is 1. The maximum atomic E-state index is 14.1. The fraction of sp³-hybridized carbons (Fsp3) is 0.571. The monoisotopic (exact) mass is 862 g/mol. The van der Waals surface area contributed by atoms with Crippen LogP contribution in [0.5, 0.6) is 11.6 Å². The zero-order valence-corrected chi connectivity index (χ0v) is 39.4. The van der Waals surface area contributed by atoms with Gasteiger partial charge in [-0.1, -0.05) is 50.3 Å². The smallest absolute Gasteiger partial charge is 0.344 e. The summed E-state index contributed by atoms with van der Waals surface area (Å²) in [6.07, 6.45) is 12.0. The molecule has 2 N–H and O–H groups in total. The first kappa shape index (κ1) is 48.0. The molecular formula is C49H71ClFN6O4+. The van der Waals surface area contributed by atoms with Crippen molar-refractivity contribution in [3.8, 4) is 11.6 Å². The van der Waals surface area contributed by atoms with E-state index < -0.39 is 11.9 Å². The largest absolute Gasteiger partial charge is 0.501 e. The minimum atomic E-state index is -0.753. The number of nitrogens with one attached hydrogen (secondary N) is 2. The number of halogens is 2. The average molecular weight is 863 g/mol. The van der Waals surface area contributed by atoms with Gasteiger partial charge in [-0.15, -0.1) is 0 Å². The number of rotatable bonds is 19. The van der Waals surface area contributed by atoms with Crippen LogP contribution in [-0.4, -0.2) is 76.0 Å². The summed E-state index contributed by atoms with van der Waals surface area (Å²) in [4.78, 5) is 21.5. The number of ether oxygens (including phenoxy) is 3. The van der Waals surface area contributed by atoms with Gasteiger partial charge in [-0.25, -0.2) is 13.8 Å². The van der Waals surface area contributed by atoms with E-state index >= 15 is 0 Å². The third kappa shape index (κ3) is 10.6. The summed E-state index contributed by atoms with van der Waals surface area (Å²) in [5.41, 5.74) is 4.29. The van der Waals surface area contributed by atoms with Crippen molar-refractivity contribution < 1.29 is 28.0 Å². The third-order valence-corrected chi connectivity index (χ3v) is 14.3. The molecule has 1 spiro atoms. The van der Waals surface area contributed by atoms with Crippen LogP contribution in [0, 0.1) is 28.6 Å². The summed E-state index contributed by atoms with van der Waals surface area (Å²) in [5, 5.41) is 8.43. The van der Waals surface area contributed by atoms with Gasteiger partial charge in [0.15, 0.2) is 0 Å². The van der Waals surface area contributed by atoms with Gasteiger partial charge < -0.3 is 29.7 Å². The summed E-state index contributed by atoms with van der Waals surface area (Å²) in [5.74, 6) is 2.28. The van der Waals surface area contributed by atoms with Gasteiger partial charge in [0.2, 0.25) is 0 Å². The number of urea groups is 1. The van der Waals surface area contributed by atoms with Crippen molar-refractivity contribution in [3.63, 3.8) is 0 Å². The summed E-state index contributed by atoms with van der Waals surface area (Å²) < 4.78 is 34.1. The Kier molecular flexibility index (Phi) is 16.1. The number of allylic oxidation sites excluding steroid dienone is 5. The van der Waals surface area contributed by atoms with Crippen LogP contribution >= 0.6 is 11.6 Å². The maximum Gasteiger partial charge on any atom is 0.344 e. The number of carbonyl (C=O) groups excluding carboxylic acids is 1. The molecular weight excluding hydrogens is 791 g/mol. The SMILES string of the molecule is C=C(F)C(=CC(C)=CC)NC(=O)N(C)c1ccc(Oc2nc[n+](C)c(=C(C)C3CC34C(=C(C)OC)C(C(C)NCCCCN(C)CCC3(CC)COC3)CC4C)c2=C)cc1Cl. The Morgan fingerprint density at radius 3 is 2.54 bits per heavy atom. The number of hydrogen-bond donors (Lipinski definition) is 2. The van der Waals surface area contributed by atoms with E-state index in [1.165, 1.54) is 41.4 Å². The molecule has 1 saturated heterocycles. The topological polar surface area (TPSA) is 92.1 Å². The first-order valence-corrected chi connectivity index (χ1v) is 22.3. The molecule has 2 aromatic rings. The van der Waals surface area contributed by atoms with Crippen molar-refractivity contribution in [2.75, 3.05) is 59.0 Å². The molecule has 3 fully saturated rings. The zero-order chi connectivity index (χ0) is 44.8. The highest BCUT2D eigenvalue weighted by atomic mass is 35.5. The number of amides is 2. The molecule has 2 aliphatic carbocycles. The van der Waals surface area contributed by atoms with Crippen LogP contribution in [0.1, 0.15) is 87.0 Å². The number of aromatic nitrogens is 2. The first-order chi connectivity index (χ1) is 28.9. The average Bonchev–Trinajstić information content (AvgIpc) is 3.89. The van der Waals surface area contributed by atoms with Crippen LogP contribution in [-0.2, 0) is 16.5 Å². The van der Waals surface area contributed by atoms with Crippen molar-refractivity contribution in [2.45, 2.75) is 93.0 Å². The van der Waals surface area contributed by atoms with Crippen molar-refractivity contribution in [3.05, 3.63) is 87.3 Å². The first-order valence-electron chi connectivity index (χ1n) is 21.9. The summed E-state index contributed by atoms with van der Waals surface area (Å²) >= 11 is 6.71. The molecule has 12 heteroatoms. The Balaban J connectivity index is 1.27. The number of anilines is 1.